The van der Waals surface area contributed by atoms with Crippen molar-refractivity contribution in [1.82, 2.24) is 10.2 Å². The summed E-state index contributed by atoms with van der Waals surface area (Å²) in [6.45, 7) is 2.52. The molecule has 2 fully saturated rings. The van der Waals surface area contributed by atoms with E-state index in [2.05, 4.69) is 17.3 Å². The van der Waals surface area contributed by atoms with Crippen LogP contribution in [0.15, 0.2) is 0 Å². The minimum atomic E-state index is 0.814. The van der Waals surface area contributed by atoms with E-state index in [9.17, 15) is 0 Å². The largest absolute Gasteiger partial charge is 0.309 e. The average molecular weight is 126 g/mol. The number of fused-ring (bicyclic) bond motifs is 2. The maximum absolute atomic E-state index is 3.58. The van der Waals surface area contributed by atoms with E-state index in [0.29, 0.717) is 0 Å². The lowest BCUT2D eigenvalue weighted by Crippen LogP contribution is -2.49. The van der Waals surface area contributed by atoms with E-state index in [1.807, 2.05) is 0 Å². The first-order valence-electron chi connectivity index (χ1n) is 3.79. The highest BCUT2D eigenvalue weighted by Gasteiger charge is 2.29. The summed E-state index contributed by atoms with van der Waals surface area (Å²) in [6, 6.07) is 1.63. The fourth-order valence-electron chi connectivity index (χ4n) is 2.02. The second kappa shape index (κ2) is 1.96. The highest BCUT2D eigenvalue weighted by atomic mass is 15.2. The number of likely N-dealkylation sites (tertiary alicyclic amines) is 1. The Labute approximate surface area is 56.2 Å². The summed E-state index contributed by atoms with van der Waals surface area (Å²) in [7, 11) is 2.21. The molecule has 2 bridgehead atoms. The van der Waals surface area contributed by atoms with Crippen LogP contribution in [0, 0.1) is 0 Å². The maximum Gasteiger partial charge on any atom is 0.0198 e. The number of piperazine rings is 1. The molecule has 2 heteroatoms. The number of nitrogens with zero attached hydrogens (tertiary/aromatic N) is 1. The van der Waals surface area contributed by atoms with Gasteiger partial charge in [0.1, 0.15) is 0 Å². The molecule has 0 saturated carbocycles. The Bertz CT molecular complexity index is 101. The molecule has 0 aromatic heterocycles. The molecule has 0 radical (unpaired) electrons. The first kappa shape index (κ1) is 5.69. The van der Waals surface area contributed by atoms with E-state index in [0.717, 1.165) is 12.1 Å². The Morgan fingerprint density at radius 3 is 2.33 bits per heavy atom. The third-order valence-corrected chi connectivity index (χ3v) is 2.40. The lowest BCUT2D eigenvalue weighted by atomic mass is 10.2. The van der Waals surface area contributed by atoms with Crippen LogP contribution in [0.2, 0.25) is 0 Å². The van der Waals surface area contributed by atoms with Gasteiger partial charge >= 0.3 is 0 Å². The predicted molar refractivity (Wildman–Crippen MR) is 37.4 cm³/mol. The van der Waals surface area contributed by atoms with Gasteiger partial charge < -0.3 is 10.2 Å². The number of nitrogens with one attached hydrogen (secondary N) is 1. The van der Waals surface area contributed by atoms with E-state index >= 15 is 0 Å². The van der Waals surface area contributed by atoms with Gasteiger partial charge in [-0.3, -0.25) is 0 Å². The minimum Gasteiger partial charge on any atom is -0.309 e. The van der Waals surface area contributed by atoms with E-state index in [-0.39, 0.29) is 0 Å². The monoisotopic (exact) mass is 126 g/mol. The van der Waals surface area contributed by atoms with Crippen molar-refractivity contribution in [3.63, 3.8) is 0 Å². The van der Waals surface area contributed by atoms with Crippen LogP contribution in [0.3, 0.4) is 0 Å². The molecule has 2 atom stereocenters. The SMILES string of the molecule is CN1CC2CC[C@@H](C1)N2. The third-order valence-electron chi connectivity index (χ3n) is 2.40. The number of likely N-dealkylation sites (N-methyl/N-ethyl adjacent to an activating group) is 1. The van der Waals surface area contributed by atoms with Crippen LogP contribution in [0.5, 0.6) is 0 Å². The van der Waals surface area contributed by atoms with Crippen LogP contribution in [-0.4, -0.2) is 37.1 Å². The second-order valence-electron chi connectivity index (χ2n) is 3.36. The predicted octanol–water partition coefficient (Wildman–Crippen LogP) is 0.0524. The van der Waals surface area contributed by atoms with Gasteiger partial charge in [0.2, 0.25) is 0 Å². The fourth-order valence-corrected chi connectivity index (χ4v) is 2.02. The zero-order valence-electron chi connectivity index (χ0n) is 5.93. The third kappa shape index (κ3) is 0.970. The number of rotatable bonds is 0. The fraction of sp³-hybridized carbons (Fsp3) is 1.00. The van der Waals surface area contributed by atoms with Crippen LogP contribution in [0.25, 0.3) is 0 Å². The first-order valence-corrected chi connectivity index (χ1v) is 3.79. The van der Waals surface area contributed by atoms with Crippen molar-refractivity contribution >= 4 is 0 Å². The number of hydrogen-bond acceptors (Lipinski definition) is 2. The normalized spacial score (nSPS) is 43.7. The highest BCUT2D eigenvalue weighted by Crippen LogP contribution is 2.18. The van der Waals surface area contributed by atoms with Crippen molar-refractivity contribution in [2.75, 3.05) is 20.1 Å². The van der Waals surface area contributed by atoms with E-state index in [1.54, 1.807) is 0 Å². The Morgan fingerprint density at radius 1 is 1.22 bits per heavy atom. The molecule has 0 spiro atoms. The molecule has 0 aromatic carbocycles. The topological polar surface area (TPSA) is 15.3 Å². The highest BCUT2D eigenvalue weighted by molar-refractivity contribution is 4.91. The van der Waals surface area contributed by atoms with Crippen LogP contribution < -0.4 is 5.32 Å². The molecule has 1 N–H and O–H groups in total. The van der Waals surface area contributed by atoms with Gasteiger partial charge in [-0.1, -0.05) is 0 Å². The van der Waals surface area contributed by atoms with Gasteiger partial charge in [0.25, 0.3) is 0 Å². The minimum absolute atomic E-state index is 0.814. The van der Waals surface area contributed by atoms with Crippen molar-refractivity contribution in [1.29, 1.82) is 0 Å². The molecule has 9 heavy (non-hydrogen) atoms. The van der Waals surface area contributed by atoms with Crippen molar-refractivity contribution < 1.29 is 0 Å². The maximum atomic E-state index is 3.58. The zero-order chi connectivity index (χ0) is 6.27. The summed E-state index contributed by atoms with van der Waals surface area (Å²) < 4.78 is 0. The van der Waals surface area contributed by atoms with Gasteiger partial charge in [0.15, 0.2) is 0 Å². The lowest BCUT2D eigenvalue weighted by Gasteiger charge is -2.29. The summed E-state index contributed by atoms with van der Waals surface area (Å²) in [5, 5.41) is 3.58. The zero-order valence-corrected chi connectivity index (χ0v) is 5.93. The van der Waals surface area contributed by atoms with Crippen LogP contribution in [0.1, 0.15) is 12.8 Å². The average Bonchev–Trinajstić information content (AvgIpc) is 2.11. The molecule has 0 amide bonds. The summed E-state index contributed by atoms with van der Waals surface area (Å²) >= 11 is 0. The molecular weight excluding hydrogens is 112 g/mol. The van der Waals surface area contributed by atoms with Crippen LogP contribution in [-0.2, 0) is 0 Å². The Balaban J connectivity index is 2.03. The van der Waals surface area contributed by atoms with Crippen molar-refractivity contribution in [3.8, 4) is 0 Å². The Kier molecular flexibility index (Phi) is 1.24. The molecule has 2 heterocycles. The standard InChI is InChI=1S/C7H14N2/c1-9-4-6-2-3-7(5-9)8-6/h6-8H,2-5H2,1H3/t6-,7?/m0/s1. The summed E-state index contributed by atoms with van der Waals surface area (Å²) in [6.07, 6.45) is 2.80. The van der Waals surface area contributed by atoms with Gasteiger partial charge in [-0.15, -0.1) is 0 Å². The second-order valence-corrected chi connectivity index (χ2v) is 3.36. The molecule has 2 aliphatic rings. The molecule has 2 nitrogen and oxygen atoms in total. The smallest absolute Gasteiger partial charge is 0.0198 e. The molecule has 1 unspecified atom stereocenters. The van der Waals surface area contributed by atoms with Gasteiger partial charge in [-0.05, 0) is 19.9 Å². The summed E-state index contributed by atoms with van der Waals surface area (Å²) in [5.74, 6) is 0. The van der Waals surface area contributed by atoms with Gasteiger partial charge in [0, 0.05) is 25.2 Å². The molecule has 0 aliphatic carbocycles. The van der Waals surface area contributed by atoms with Crippen LogP contribution in [0.4, 0.5) is 0 Å². The Morgan fingerprint density at radius 2 is 1.78 bits per heavy atom. The summed E-state index contributed by atoms with van der Waals surface area (Å²) in [4.78, 5) is 2.43. The van der Waals surface area contributed by atoms with E-state index < -0.39 is 0 Å². The number of hydrogen-bond donors (Lipinski definition) is 1. The van der Waals surface area contributed by atoms with E-state index in [4.69, 9.17) is 0 Å². The molecule has 2 rings (SSSR count). The van der Waals surface area contributed by atoms with E-state index in [1.165, 1.54) is 25.9 Å². The Hall–Kier alpha value is -0.0800. The molecular formula is C7H14N2. The van der Waals surface area contributed by atoms with Crippen LogP contribution >= 0.6 is 0 Å². The summed E-state index contributed by atoms with van der Waals surface area (Å²) in [5.41, 5.74) is 0. The van der Waals surface area contributed by atoms with Gasteiger partial charge in [0.05, 0.1) is 0 Å². The van der Waals surface area contributed by atoms with Gasteiger partial charge in [-0.2, -0.15) is 0 Å². The van der Waals surface area contributed by atoms with Crippen molar-refractivity contribution in [3.05, 3.63) is 0 Å². The van der Waals surface area contributed by atoms with Gasteiger partial charge in [-0.25, -0.2) is 0 Å². The quantitative estimate of drug-likeness (QED) is 0.493. The van der Waals surface area contributed by atoms with Crippen molar-refractivity contribution in [2.24, 2.45) is 0 Å². The lowest BCUT2D eigenvalue weighted by molar-refractivity contribution is 0.235. The molecule has 2 saturated heterocycles. The molecule has 52 valence electrons. The molecule has 0 aromatic rings. The van der Waals surface area contributed by atoms with Crippen molar-refractivity contribution in [2.45, 2.75) is 24.9 Å². The molecule has 2 aliphatic heterocycles. The first-order chi connectivity index (χ1) is 4.34.